The number of rotatable bonds is 11. The van der Waals surface area contributed by atoms with Crippen molar-refractivity contribution < 1.29 is 13.9 Å². The fourth-order valence-corrected chi connectivity index (χ4v) is 5.19. The number of hydrogen-bond acceptors (Lipinski definition) is 7. The lowest BCUT2D eigenvalue weighted by atomic mass is 10.1. The van der Waals surface area contributed by atoms with Crippen molar-refractivity contribution in [1.82, 2.24) is 19.6 Å². The molecule has 1 aliphatic heterocycles. The van der Waals surface area contributed by atoms with E-state index in [1.807, 2.05) is 19.1 Å². The van der Waals surface area contributed by atoms with E-state index in [0.29, 0.717) is 35.5 Å². The van der Waals surface area contributed by atoms with Crippen LogP contribution in [0, 0.1) is 18.7 Å². The Hall–Kier alpha value is -4.18. The summed E-state index contributed by atoms with van der Waals surface area (Å²) in [7, 11) is 0. The highest BCUT2D eigenvalue weighted by Gasteiger charge is 2.25. The smallest absolute Gasteiger partial charge is 0.172 e. The van der Waals surface area contributed by atoms with Gasteiger partial charge in [-0.05, 0) is 43.5 Å². The zero-order chi connectivity index (χ0) is 31.1. The maximum atomic E-state index is 15.6. The molecule has 1 atom stereocenters. The molecule has 0 saturated heterocycles. The van der Waals surface area contributed by atoms with Gasteiger partial charge >= 0.3 is 0 Å². The van der Waals surface area contributed by atoms with E-state index in [-0.39, 0.29) is 16.5 Å². The van der Waals surface area contributed by atoms with Crippen LogP contribution in [-0.4, -0.2) is 45.1 Å². The summed E-state index contributed by atoms with van der Waals surface area (Å²) in [4.78, 5) is 16.3. The van der Waals surface area contributed by atoms with Crippen LogP contribution >= 0.6 is 11.6 Å². The average Bonchev–Trinajstić information content (AvgIpc) is 3.42. The van der Waals surface area contributed by atoms with Crippen LogP contribution in [0.2, 0.25) is 5.02 Å². The molecule has 4 heterocycles. The summed E-state index contributed by atoms with van der Waals surface area (Å²) >= 11 is 6.60. The number of fused-ring (bicyclic) bond motifs is 2. The summed E-state index contributed by atoms with van der Waals surface area (Å²) in [6.07, 6.45) is 12.1. The van der Waals surface area contributed by atoms with Gasteiger partial charge in [0.15, 0.2) is 23.1 Å². The molecule has 11 heteroatoms. The van der Waals surface area contributed by atoms with E-state index >= 15 is 4.39 Å². The number of pyridine rings is 2. The summed E-state index contributed by atoms with van der Waals surface area (Å²) in [5, 5.41) is 7.48. The van der Waals surface area contributed by atoms with E-state index in [1.165, 1.54) is 18.5 Å². The first-order chi connectivity index (χ1) is 21.4. The lowest BCUT2D eigenvalue weighted by molar-refractivity contribution is 0.273. The van der Waals surface area contributed by atoms with Crippen molar-refractivity contribution in [3.05, 3.63) is 77.2 Å². The SMILES string of the molecule is CCC/C=C/N=C(Nc1cc(Cl)c(Oc2ccn3ncnc3c2)cc1F)c1nc2c(cc1C)OCC(C)CN2CCCCC. The van der Waals surface area contributed by atoms with Crippen LogP contribution in [0.4, 0.5) is 15.9 Å². The number of benzene rings is 1. The Morgan fingerprint density at radius 3 is 2.91 bits per heavy atom. The summed E-state index contributed by atoms with van der Waals surface area (Å²) in [5.74, 6) is 2.38. The van der Waals surface area contributed by atoms with Crippen LogP contribution in [0.25, 0.3) is 5.65 Å². The second kappa shape index (κ2) is 14.5. The van der Waals surface area contributed by atoms with Crippen LogP contribution in [0.15, 0.2) is 60.1 Å². The lowest BCUT2D eigenvalue weighted by Gasteiger charge is -2.25. The maximum absolute atomic E-state index is 15.6. The van der Waals surface area contributed by atoms with Gasteiger partial charge in [0.25, 0.3) is 0 Å². The van der Waals surface area contributed by atoms with Crippen molar-refractivity contribution in [2.24, 2.45) is 10.9 Å². The Kier molecular flexibility index (Phi) is 10.3. The van der Waals surface area contributed by atoms with E-state index in [9.17, 15) is 0 Å². The topological polar surface area (TPSA) is 89.2 Å². The summed E-state index contributed by atoms with van der Waals surface area (Å²) in [6, 6.07) is 8.16. The molecule has 0 aliphatic carbocycles. The Bertz CT molecular complexity index is 1650. The predicted octanol–water partition coefficient (Wildman–Crippen LogP) is 8.22. The van der Waals surface area contributed by atoms with E-state index in [1.54, 1.807) is 29.0 Å². The lowest BCUT2D eigenvalue weighted by Crippen LogP contribution is -2.30. The van der Waals surface area contributed by atoms with Crippen molar-refractivity contribution in [1.29, 1.82) is 0 Å². The third-order valence-electron chi connectivity index (χ3n) is 7.29. The Morgan fingerprint density at radius 2 is 2.09 bits per heavy atom. The third kappa shape index (κ3) is 7.48. The molecule has 44 heavy (non-hydrogen) atoms. The predicted molar refractivity (Wildman–Crippen MR) is 174 cm³/mol. The number of allylic oxidation sites excluding steroid dienone is 1. The van der Waals surface area contributed by atoms with Crippen molar-refractivity contribution in [3.8, 4) is 17.2 Å². The second-order valence-electron chi connectivity index (χ2n) is 11.1. The van der Waals surface area contributed by atoms with E-state index in [2.05, 4.69) is 41.1 Å². The van der Waals surface area contributed by atoms with Crippen molar-refractivity contribution >= 4 is 34.6 Å². The van der Waals surface area contributed by atoms with Crippen LogP contribution < -0.4 is 19.7 Å². The van der Waals surface area contributed by atoms with E-state index < -0.39 is 5.82 Å². The minimum atomic E-state index is -0.552. The number of anilines is 2. The normalized spacial score (nSPS) is 15.4. The first-order valence-electron chi connectivity index (χ1n) is 15.2. The number of unbranched alkanes of at least 4 members (excludes halogenated alkanes) is 3. The highest BCUT2D eigenvalue weighted by atomic mass is 35.5. The number of aryl methyl sites for hydroxylation is 1. The molecule has 1 N–H and O–H groups in total. The van der Waals surface area contributed by atoms with Crippen LogP contribution in [0.1, 0.15) is 64.1 Å². The summed E-state index contributed by atoms with van der Waals surface area (Å²) in [6.45, 7) is 10.8. The van der Waals surface area contributed by atoms with Crippen LogP contribution in [0.5, 0.6) is 17.2 Å². The van der Waals surface area contributed by atoms with Gasteiger partial charge in [-0.15, -0.1) is 0 Å². The monoisotopic (exact) mass is 619 g/mol. The Morgan fingerprint density at radius 1 is 1.23 bits per heavy atom. The molecule has 0 bridgehead atoms. The molecule has 5 rings (SSSR count). The molecule has 0 amide bonds. The van der Waals surface area contributed by atoms with Gasteiger partial charge in [-0.3, -0.25) is 0 Å². The van der Waals surface area contributed by atoms with E-state index in [0.717, 1.165) is 62.3 Å². The molecule has 1 unspecified atom stereocenters. The Balaban J connectivity index is 1.47. The van der Waals surface area contributed by atoms with Gasteiger partial charge in [0, 0.05) is 43.5 Å². The first kappa shape index (κ1) is 31.3. The minimum absolute atomic E-state index is 0.152. The van der Waals surface area contributed by atoms with Gasteiger partial charge < -0.3 is 19.7 Å². The molecular formula is C33H39ClFN7O2. The summed E-state index contributed by atoms with van der Waals surface area (Å²) in [5.41, 5.74) is 2.22. The number of nitrogens with zero attached hydrogens (tertiary/aromatic N) is 6. The number of hydrogen-bond donors (Lipinski definition) is 1. The number of aromatic nitrogens is 4. The van der Waals surface area contributed by atoms with Crippen molar-refractivity contribution in [3.63, 3.8) is 0 Å². The molecule has 0 radical (unpaired) electrons. The van der Waals surface area contributed by atoms with Gasteiger partial charge in [0.1, 0.15) is 29.3 Å². The molecule has 4 aromatic rings. The fraction of sp³-hybridized carbons (Fsp3) is 0.394. The molecule has 232 valence electrons. The van der Waals surface area contributed by atoms with Crippen molar-refractivity contribution in [2.75, 3.05) is 29.9 Å². The molecular weight excluding hydrogens is 581 g/mol. The van der Waals surface area contributed by atoms with Gasteiger partial charge in [0.05, 0.1) is 17.3 Å². The maximum Gasteiger partial charge on any atom is 0.172 e. The zero-order valence-electron chi connectivity index (χ0n) is 25.7. The highest BCUT2D eigenvalue weighted by Crippen LogP contribution is 2.36. The van der Waals surface area contributed by atoms with Crippen LogP contribution in [0.3, 0.4) is 0 Å². The molecule has 1 aliphatic rings. The van der Waals surface area contributed by atoms with Gasteiger partial charge in [-0.1, -0.05) is 57.7 Å². The molecule has 0 saturated carbocycles. The highest BCUT2D eigenvalue weighted by molar-refractivity contribution is 6.32. The van der Waals surface area contributed by atoms with Gasteiger partial charge in [0.2, 0.25) is 0 Å². The number of nitrogens with one attached hydrogen (secondary N) is 1. The van der Waals surface area contributed by atoms with Crippen LogP contribution in [-0.2, 0) is 0 Å². The molecule has 0 spiro atoms. The standard InChI is InChI=1S/C33H39ClFN7O2/c1-5-7-9-12-36-32(31-23(4)15-29-33(40-31)41(13-10-8-6-2)19-22(3)20-43-29)39-27-17-25(34)28(18-26(27)35)44-24-11-14-42-30(16-24)37-21-38-42/h9,11-12,14-18,21-22H,5-8,10,13,19-20H2,1-4H3,(H,36,39)/b12-9+. The third-order valence-corrected chi connectivity index (χ3v) is 7.58. The van der Waals surface area contributed by atoms with Gasteiger partial charge in [-0.2, -0.15) is 5.10 Å². The Labute approximate surface area is 262 Å². The number of amidine groups is 1. The number of aliphatic imine (C=N–C) groups is 1. The molecule has 9 nitrogen and oxygen atoms in total. The summed E-state index contributed by atoms with van der Waals surface area (Å²) < 4.78 is 29.3. The second-order valence-corrected chi connectivity index (χ2v) is 11.5. The quantitative estimate of drug-likeness (QED) is 0.103. The van der Waals surface area contributed by atoms with E-state index in [4.69, 9.17) is 31.1 Å². The van der Waals surface area contributed by atoms with Gasteiger partial charge in [-0.25, -0.2) is 23.9 Å². The number of ether oxygens (including phenoxy) is 2. The number of halogens is 2. The average molecular weight is 620 g/mol. The zero-order valence-corrected chi connectivity index (χ0v) is 26.4. The largest absolute Gasteiger partial charge is 0.489 e. The molecule has 1 aromatic carbocycles. The first-order valence-corrected chi connectivity index (χ1v) is 15.6. The minimum Gasteiger partial charge on any atom is -0.489 e. The molecule has 0 fully saturated rings. The fourth-order valence-electron chi connectivity index (χ4n) is 4.99. The molecule has 3 aromatic heterocycles. The van der Waals surface area contributed by atoms with Crippen molar-refractivity contribution in [2.45, 2.75) is 59.8 Å².